The fourth-order valence-electron chi connectivity index (χ4n) is 1.35. The van der Waals surface area contributed by atoms with Gasteiger partial charge in [-0.05, 0) is 22.6 Å². The van der Waals surface area contributed by atoms with Crippen molar-refractivity contribution in [2.45, 2.75) is 24.1 Å². The summed E-state index contributed by atoms with van der Waals surface area (Å²) < 4.78 is 145. The number of carbonyl (C=O) groups excluding carboxylic acids is 2. The summed E-state index contributed by atoms with van der Waals surface area (Å²) in [4.78, 5) is 21.3. The van der Waals surface area contributed by atoms with Crippen molar-refractivity contribution in [1.29, 1.82) is 0 Å². The molecule has 1 aliphatic carbocycles. The van der Waals surface area contributed by atoms with Crippen LogP contribution >= 0.6 is 22.6 Å². The highest BCUT2D eigenvalue weighted by molar-refractivity contribution is 14.1. The molecule has 0 radical (unpaired) electrons. The van der Waals surface area contributed by atoms with E-state index < -0.39 is 57.1 Å². The van der Waals surface area contributed by atoms with Gasteiger partial charge in [0.25, 0.3) is 0 Å². The Morgan fingerprint density at radius 2 is 1.12 bits per heavy atom. The first-order valence-electron chi connectivity index (χ1n) is 5.49. The molecule has 148 valence electrons. The summed E-state index contributed by atoms with van der Waals surface area (Å²) in [5.74, 6) is -28.0. The first-order chi connectivity index (χ1) is 11.4. The summed E-state index contributed by atoms with van der Waals surface area (Å²) in [5, 5.41) is 0. The van der Waals surface area contributed by atoms with E-state index >= 15 is 0 Å². The van der Waals surface area contributed by atoms with Crippen molar-refractivity contribution in [2.75, 3.05) is 0 Å². The van der Waals surface area contributed by atoms with Crippen LogP contribution in [-0.4, -0.2) is 36.0 Å². The van der Waals surface area contributed by atoms with Crippen LogP contribution in [-0.2, 0) is 19.1 Å². The van der Waals surface area contributed by atoms with Crippen molar-refractivity contribution in [1.82, 2.24) is 0 Å². The van der Waals surface area contributed by atoms with Crippen LogP contribution < -0.4 is 0 Å². The van der Waals surface area contributed by atoms with E-state index in [1.165, 1.54) is 0 Å². The molecule has 16 heteroatoms. The molecule has 0 saturated heterocycles. The Labute approximate surface area is 147 Å². The van der Waals surface area contributed by atoms with Gasteiger partial charge in [-0.2, -0.15) is 35.1 Å². The number of allylic oxidation sites excluding steroid dienone is 2. The second-order valence-corrected chi connectivity index (χ2v) is 5.30. The predicted octanol–water partition coefficient (Wildman–Crippen LogP) is 4.31. The molecule has 1 rings (SSSR count). The highest BCUT2D eigenvalue weighted by atomic mass is 127. The molecule has 0 N–H and O–H groups in total. The first-order valence-corrected chi connectivity index (χ1v) is 6.57. The Hall–Kier alpha value is -1.62. The molecule has 0 bridgehead atoms. The van der Waals surface area contributed by atoms with Crippen molar-refractivity contribution < 1.29 is 67.4 Å². The number of hydrogen-bond acceptors (Lipinski definition) is 4. The summed E-state index contributed by atoms with van der Waals surface area (Å²) in [6.45, 7) is 0. The largest absolute Gasteiger partial charge is 0.491 e. The van der Waals surface area contributed by atoms with Gasteiger partial charge in [-0.15, -0.1) is 0 Å². The number of esters is 2. The molecule has 4 nitrogen and oxygen atoms in total. The van der Waals surface area contributed by atoms with Crippen LogP contribution in [0.15, 0.2) is 21.1 Å². The van der Waals surface area contributed by atoms with Gasteiger partial charge in [0.2, 0.25) is 5.83 Å². The van der Waals surface area contributed by atoms with Gasteiger partial charge in [-0.3, -0.25) is 0 Å². The van der Waals surface area contributed by atoms with Gasteiger partial charge < -0.3 is 9.47 Å². The Balaban J connectivity index is 3.60. The standard InChI is InChI=1S/C10F11IO4/c11-1-2(12)4(22)8(15,26-6(24)10(19,20)21)7(14,3(1)13)25-5(23)9(16,17)18/t7-,8-/m1/s1. The maximum atomic E-state index is 14.5. The second kappa shape index (κ2) is 6.52. The van der Waals surface area contributed by atoms with E-state index in [9.17, 15) is 57.9 Å². The minimum Gasteiger partial charge on any atom is -0.410 e. The Bertz CT molecular complexity index is 649. The fraction of sp³-hybridized carbons (Fsp3) is 0.400. The summed E-state index contributed by atoms with van der Waals surface area (Å²) in [5.41, 5.74) is 0. The highest BCUT2D eigenvalue weighted by Crippen LogP contribution is 2.55. The van der Waals surface area contributed by atoms with Crippen LogP contribution in [0.4, 0.5) is 48.3 Å². The number of halogens is 12. The molecule has 0 fully saturated rings. The molecule has 26 heavy (non-hydrogen) atoms. The van der Waals surface area contributed by atoms with E-state index in [1.807, 2.05) is 0 Å². The summed E-state index contributed by atoms with van der Waals surface area (Å²) in [7, 11) is 0. The third-order valence-electron chi connectivity index (χ3n) is 2.49. The Morgan fingerprint density at radius 3 is 1.46 bits per heavy atom. The van der Waals surface area contributed by atoms with Crippen LogP contribution in [0.3, 0.4) is 0 Å². The number of carbonyl (C=O) groups is 2. The molecule has 0 heterocycles. The topological polar surface area (TPSA) is 52.6 Å². The van der Waals surface area contributed by atoms with Gasteiger partial charge in [0.15, 0.2) is 11.7 Å². The molecule has 2 atom stereocenters. The maximum Gasteiger partial charge on any atom is 0.491 e. The summed E-state index contributed by atoms with van der Waals surface area (Å²) in [6, 6.07) is 0. The Kier molecular flexibility index (Phi) is 5.62. The number of ether oxygens (including phenoxy) is 2. The zero-order chi connectivity index (χ0) is 20.9. The van der Waals surface area contributed by atoms with Crippen LogP contribution in [0.1, 0.15) is 0 Å². The number of rotatable bonds is 2. The molecular weight excluding hydrogens is 520 g/mol. The lowest BCUT2D eigenvalue weighted by Crippen LogP contribution is -2.58. The van der Waals surface area contributed by atoms with Crippen molar-refractivity contribution in [2.24, 2.45) is 0 Å². The molecule has 0 aromatic carbocycles. The van der Waals surface area contributed by atoms with Crippen molar-refractivity contribution in [3.8, 4) is 0 Å². The lowest BCUT2D eigenvalue weighted by Gasteiger charge is -2.38. The lowest BCUT2D eigenvalue weighted by molar-refractivity contribution is -0.301. The van der Waals surface area contributed by atoms with Gasteiger partial charge in [0.05, 0.1) is 0 Å². The van der Waals surface area contributed by atoms with Crippen LogP contribution in [0.5, 0.6) is 0 Å². The molecule has 0 aromatic rings. The summed E-state index contributed by atoms with van der Waals surface area (Å²) >= 11 is 0.173. The van der Waals surface area contributed by atoms with Gasteiger partial charge >= 0.3 is 36.0 Å². The monoisotopic (exact) mass is 520 g/mol. The third kappa shape index (κ3) is 3.59. The smallest absolute Gasteiger partial charge is 0.410 e. The minimum absolute atomic E-state index is 0.173. The van der Waals surface area contributed by atoms with Crippen molar-refractivity contribution in [3.63, 3.8) is 0 Å². The van der Waals surface area contributed by atoms with E-state index in [1.54, 1.807) is 0 Å². The third-order valence-corrected chi connectivity index (χ3v) is 3.65. The molecular formula is C10F11IO4. The number of hydrogen-bond donors (Lipinski definition) is 0. The quantitative estimate of drug-likeness (QED) is 0.310. The zero-order valence-electron chi connectivity index (χ0n) is 11.2. The van der Waals surface area contributed by atoms with Crippen LogP contribution in [0, 0.1) is 0 Å². The molecule has 0 spiro atoms. The fourth-order valence-corrected chi connectivity index (χ4v) is 2.04. The molecule has 0 saturated carbocycles. The predicted molar refractivity (Wildman–Crippen MR) is 63.4 cm³/mol. The van der Waals surface area contributed by atoms with Crippen LogP contribution in [0.2, 0.25) is 0 Å². The lowest BCUT2D eigenvalue weighted by atomic mass is 10.00. The minimum atomic E-state index is -6.17. The highest BCUT2D eigenvalue weighted by Gasteiger charge is 2.72. The van der Waals surface area contributed by atoms with Gasteiger partial charge in [0, 0.05) is 0 Å². The van der Waals surface area contributed by atoms with Gasteiger partial charge in [-0.25, -0.2) is 22.8 Å². The van der Waals surface area contributed by atoms with Crippen LogP contribution in [0.25, 0.3) is 0 Å². The maximum absolute atomic E-state index is 14.5. The van der Waals surface area contributed by atoms with Crippen molar-refractivity contribution >= 4 is 34.5 Å². The average molecular weight is 520 g/mol. The second-order valence-electron chi connectivity index (χ2n) is 4.22. The van der Waals surface area contributed by atoms with E-state index in [4.69, 9.17) is 0 Å². The molecule has 1 aliphatic rings. The van der Waals surface area contributed by atoms with E-state index in [-0.39, 0.29) is 22.6 Å². The SMILES string of the molecule is O=C(O[C@]1(F)C(F)=C(F)C(F)=C(I)[C@@]1(F)OC(=O)C(F)(F)F)C(F)(F)F. The first kappa shape index (κ1) is 22.4. The molecule has 0 unspecified atom stereocenters. The van der Waals surface area contributed by atoms with Gasteiger partial charge in [-0.1, -0.05) is 0 Å². The zero-order valence-corrected chi connectivity index (χ0v) is 13.3. The van der Waals surface area contributed by atoms with E-state index in [2.05, 4.69) is 9.47 Å². The van der Waals surface area contributed by atoms with E-state index in [0.29, 0.717) is 0 Å². The summed E-state index contributed by atoms with van der Waals surface area (Å²) in [6.07, 6.45) is -12.3. The normalized spacial score (nSPS) is 27.5. The molecule has 0 aliphatic heterocycles. The number of alkyl halides is 8. The average Bonchev–Trinajstić information content (AvgIpc) is 2.48. The van der Waals surface area contributed by atoms with Gasteiger partial charge in [0.1, 0.15) is 3.58 Å². The Morgan fingerprint density at radius 1 is 0.769 bits per heavy atom. The van der Waals surface area contributed by atoms with Crippen molar-refractivity contribution in [3.05, 3.63) is 21.1 Å². The molecule has 0 amide bonds. The molecule has 0 aromatic heterocycles. The van der Waals surface area contributed by atoms with E-state index in [0.717, 1.165) is 0 Å².